The lowest BCUT2D eigenvalue weighted by Crippen LogP contribution is -2.46. The van der Waals surface area contributed by atoms with Crippen LogP contribution in [-0.2, 0) is 16.0 Å². The van der Waals surface area contributed by atoms with Crippen molar-refractivity contribution in [1.29, 1.82) is 0 Å². The molecular weight excluding hydrogens is 337 g/mol. The van der Waals surface area contributed by atoms with Crippen molar-refractivity contribution >= 4 is 22.8 Å². The molecule has 2 heterocycles. The molecule has 0 saturated heterocycles. The number of alkyl halides is 3. The van der Waals surface area contributed by atoms with Crippen molar-refractivity contribution in [3.63, 3.8) is 0 Å². The highest BCUT2D eigenvalue weighted by molar-refractivity contribution is 5.86. The summed E-state index contributed by atoms with van der Waals surface area (Å²) in [5, 5.41) is 9.36. The van der Waals surface area contributed by atoms with Gasteiger partial charge in [-0.1, -0.05) is 18.2 Å². The minimum Gasteiger partial charge on any atom is -0.481 e. The summed E-state index contributed by atoms with van der Waals surface area (Å²) in [7, 11) is 0. The maximum Gasteiger partial charge on any atom is 0.414 e. The summed E-state index contributed by atoms with van der Waals surface area (Å²) in [6, 6.07) is 4.95. The number of nitrogens with zero attached hydrogens (tertiary/aromatic N) is 1. The van der Waals surface area contributed by atoms with E-state index in [9.17, 15) is 22.8 Å². The van der Waals surface area contributed by atoms with Crippen LogP contribution in [0.4, 0.5) is 13.2 Å². The summed E-state index contributed by atoms with van der Waals surface area (Å²) in [6.45, 7) is -0.0368. The zero-order valence-electron chi connectivity index (χ0n) is 13.3. The minimum atomic E-state index is -4.61. The van der Waals surface area contributed by atoms with Gasteiger partial charge in [0.2, 0.25) is 5.91 Å². The number of fused-ring (bicyclic) bond motifs is 3. The third-order valence-corrected chi connectivity index (χ3v) is 4.45. The number of carbonyl (C=O) groups excluding carboxylic acids is 1. The Labute approximate surface area is 141 Å². The molecule has 1 aromatic heterocycles. The van der Waals surface area contributed by atoms with Crippen LogP contribution >= 0.6 is 0 Å². The number of aliphatic carboxylic acids is 1. The molecule has 0 saturated carbocycles. The van der Waals surface area contributed by atoms with E-state index in [1.165, 1.54) is 0 Å². The Morgan fingerprint density at radius 3 is 2.64 bits per heavy atom. The molecule has 8 heteroatoms. The molecule has 1 aliphatic rings. The smallest absolute Gasteiger partial charge is 0.414 e. The molecule has 0 unspecified atom stereocenters. The summed E-state index contributed by atoms with van der Waals surface area (Å²) in [5.41, 5.74) is 1.21. The maximum absolute atomic E-state index is 13.7. The Hall–Kier alpha value is -2.51. The number of aromatic nitrogens is 1. The molecule has 1 aromatic carbocycles. The van der Waals surface area contributed by atoms with E-state index in [2.05, 4.69) is 4.98 Å². The number of aromatic amines is 1. The van der Waals surface area contributed by atoms with E-state index in [-0.39, 0.29) is 31.5 Å². The molecule has 0 radical (unpaired) electrons. The third-order valence-electron chi connectivity index (χ3n) is 4.45. The fraction of sp³-hybridized carbons (Fsp3) is 0.412. The van der Waals surface area contributed by atoms with Crippen LogP contribution in [0.2, 0.25) is 0 Å². The second-order valence-corrected chi connectivity index (χ2v) is 6.09. The van der Waals surface area contributed by atoms with Crippen molar-refractivity contribution in [3.8, 4) is 0 Å². The predicted molar refractivity (Wildman–Crippen MR) is 84.0 cm³/mol. The standard InChI is InChI=1S/C17H17F3N2O3/c18-17(19,20)16-15-11(10-4-1-2-5-12(10)21-15)8-9-22(16)13(23)6-3-7-14(24)25/h1-2,4-5,16,21H,3,6-9H2,(H,24,25)/t16-/m1/s1. The molecule has 3 rings (SSSR count). The van der Waals surface area contributed by atoms with Crippen molar-refractivity contribution in [1.82, 2.24) is 9.88 Å². The molecule has 134 valence electrons. The molecule has 2 N–H and O–H groups in total. The zero-order valence-corrected chi connectivity index (χ0v) is 13.3. The van der Waals surface area contributed by atoms with Crippen LogP contribution in [0.1, 0.15) is 36.6 Å². The minimum absolute atomic E-state index is 0.00605. The molecule has 1 amide bonds. The number of hydrogen-bond donors (Lipinski definition) is 2. The van der Waals surface area contributed by atoms with E-state index in [4.69, 9.17) is 5.11 Å². The van der Waals surface area contributed by atoms with Gasteiger partial charge in [-0.25, -0.2) is 0 Å². The van der Waals surface area contributed by atoms with Gasteiger partial charge in [0.15, 0.2) is 6.04 Å². The van der Waals surface area contributed by atoms with Crippen LogP contribution in [0.3, 0.4) is 0 Å². The van der Waals surface area contributed by atoms with E-state index < -0.39 is 24.1 Å². The Kier molecular flexibility index (Phi) is 4.45. The lowest BCUT2D eigenvalue weighted by atomic mass is 9.96. The number of carboxylic acid groups (broad SMARTS) is 1. The molecule has 0 bridgehead atoms. The van der Waals surface area contributed by atoms with E-state index in [0.717, 1.165) is 10.3 Å². The Balaban J connectivity index is 1.93. The predicted octanol–water partition coefficient (Wildman–Crippen LogP) is 3.41. The monoisotopic (exact) mass is 354 g/mol. The lowest BCUT2D eigenvalue weighted by molar-refractivity contribution is -0.195. The summed E-state index contributed by atoms with van der Waals surface area (Å²) < 4.78 is 41.1. The Bertz CT molecular complexity index is 813. The number of hydrogen-bond acceptors (Lipinski definition) is 2. The van der Waals surface area contributed by atoms with Crippen LogP contribution in [-0.4, -0.2) is 39.6 Å². The van der Waals surface area contributed by atoms with Crippen molar-refractivity contribution in [3.05, 3.63) is 35.5 Å². The normalized spacial score (nSPS) is 17.6. The van der Waals surface area contributed by atoms with Gasteiger partial charge in [0.05, 0.1) is 5.69 Å². The number of carbonyl (C=O) groups is 2. The second-order valence-electron chi connectivity index (χ2n) is 6.09. The number of halogens is 3. The first-order chi connectivity index (χ1) is 11.8. The summed E-state index contributed by atoms with van der Waals surface area (Å²) in [6.07, 6.45) is -4.72. The zero-order chi connectivity index (χ0) is 18.2. The van der Waals surface area contributed by atoms with Gasteiger partial charge in [0.1, 0.15) is 0 Å². The first-order valence-corrected chi connectivity index (χ1v) is 7.96. The van der Waals surface area contributed by atoms with Gasteiger partial charge in [-0.2, -0.15) is 13.2 Å². The van der Waals surface area contributed by atoms with Crippen LogP contribution in [0.25, 0.3) is 10.9 Å². The van der Waals surface area contributed by atoms with Gasteiger partial charge in [0, 0.05) is 30.3 Å². The molecule has 2 aromatic rings. The van der Waals surface area contributed by atoms with Crippen LogP contribution < -0.4 is 0 Å². The van der Waals surface area contributed by atoms with Crippen LogP contribution in [0.5, 0.6) is 0 Å². The van der Waals surface area contributed by atoms with Crippen molar-refractivity contribution in [2.45, 2.75) is 37.9 Å². The Morgan fingerprint density at radius 1 is 1.24 bits per heavy atom. The number of para-hydroxylation sites is 1. The van der Waals surface area contributed by atoms with Crippen molar-refractivity contribution in [2.75, 3.05) is 6.54 Å². The number of rotatable bonds is 4. The molecule has 0 fully saturated rings. The Morgan fingerprint density at radius 2 is 1.96 bits per heavy atom. The average molecular weight is 354 g/mol. The third kappa shape index (κ3) is 3.33. The van der Waals surface area contributed by atoms with E-state index in [0.29, 0.717) is 17.5 Å². The largest absolute Gasteiger partial charge is 0.481 e. The van der Waals surface area contributed by atoms with Gasteiger partial charge in [-0.15, -0.1) is 0 Å². The van der Waals surface area contributed by atoms with E-state index in [1.54, 1.807) is 24.3 Å². The topological polar surface area (TPSA) is 73.4 Å². The fourth-order valence-electron chi connectivity index (χ4n) is 3.38. The lowest BCUT2D eigenvalue weighted by Gasteiger charge is -2.37. The first-order valence-electron chi connectivity index (χ1n) is 7.96. The number of amides is 1. The first kappa shape index (κ1) is 17.3. The molecule has 5 nitrogen and oxygen atoms in total. The van der Waals surface area contributed by atoms with E-state index >= 15 is 0 Å². The number of benzene rings is 1. The second kappa shape index (κ2) is 6.42. The van der Waals surface area contributed by atoms with Gasteiger partial charge < -0.3 is 15.0 Å². The molecule has 0 spiro atoms. The van der Waals surface area contributed by atoms with E-state index in [1.807, 2.05) is 0 Å². The quantitative estimate of drug-likeness (QED) is 0.884. The van der Waals surface area contributed by atoms with Crippen molar-refractivity contribution in [2.24, 2.45) is 0 Å². The average Bonchev–Trinajstić information content (AvgIpc) is 2.90. The highest BCUT2D eigenvalue weighted by Crippen LogP contribution is 2.43. The molecule has 25 heavy (non-hydrogen) atoms. The van der Waals surface area contributed by atoms with Crippen LogP contribution in [0, 0.1) is 0 Å². The van der Waals surface area contributed by atoms with Gasteiger partial charge in [-0.05, 0) is 24.5 Å². The summed E-state index contributed by atoms with van der Waals surface area (Å²) >= 11 is 0. The number of carboxylic acids is 1. The van der Waals surface area contributed by atoms with Crippen molar-refractivity contribution < 1.29 is 27.9 Å². The van der Waals surface area contributed by atoms with Crippen LogP contribution in [0.15, 0.2) is 24.3 Å². The molecular formula is C17H17F3N2O3. The highest BCUT2D eigenvalue weighted by atomic mass is 19.4. The molecule has 1 aliphatic heterocycles. The maximum atomic E-state index is 13.7. The number of nitrogens with one attached hydrogen (secondary N) is 1. The summed E-state index contributed by atoms with van der Waals surface area (Å²) in [4.78, 5) is 26.5. The molecule has 1 atom stereocenters. The fourth-order valence-corrected chi connectivity index (χ4v) is 3.38. The highest BCUT2D eigenvalue weighted by Gasteiger charge is 2.50. The molecule has 0 aliphatic carbocycles. The van der Waals surface area contributed by atoms with Gasteiger partial charge in [0.25, 0.3) is 0 Å². The SMILES string of the molecule is O=C(O)CCCC(=O)N1CCc2c([nH]c3ccccc23)[C@@H]1C(F)(F)F. The number of H-pyrrole nitrogens is 1. The van der Waals surface area contributed by atoms with Gasteiger partial charge in [-0.3, -0.25) is 9.59 Å². The van der Waals surface area contributed by atoms with Gasteiger partial charge >= 0.3 is 12.1 Å². The summed E-state index contributed by atoms with van der Waals surface area (Å²) in [5.74, 6) is -1.75.